The number of sulfonamides is 1. The standard InChI is InChI=1S/C16H15N3O3S2/c1-2-22-15-9-8-14(17-18-15)12-5-3-6-13(11-12)19-24(20,21)16-7-4-10-23-16/h3-11,19H,2H2,1H3. The maximum atomic E-state index is 12.3. The topological polar surface area (TPSA) is 81.2 Å². The third kappa shape index (κ3) is 3.72. The fourth-order valence-electron chi connectivity index (χ4n) is 2.06. The average molecular weight is 361 g/mol. The number of aromatic nitrogens is 2. The van der Waals surface area contributed by atoms with Gasteiger partial charge >= 0.3 is 0 Å². The molecule has 0 aliphatic heterocycles. The van der Waals surface area contributed by atoms with Crippen molar-refractivity contribution < 1.29 is 13.2 Å². The molecule has 0 spiro atoms. The zero-order chi connectivity index (χ0) is 17.0. The molecule has 1 N–H and O–H groups in total. The van der Waals surface area contributed by atoms with Crippen LogP contribution in [-0.2, 0) is 10.0 Å². The minimum absolute atomic E-state index is 0.272. The van der Waals surface area contributed by atoms with E-state index in [1.54, 1.807) is 47.8 Å². The smallest absolute Gasteiger partial charge is 0.271 e. The molecule has 124 valence electrons. The van der Waals surface area contributed by atoms with Crippen molar-refractivity contribution in [3.8, 4) is 17.1 Å². The third-order valence-electron chi connectivity index (χ3n) is 3.10. The summed E-state index contributed by atoms with van der Waals surface area (Å²) >= 11 is 1.17. The van der Waals surface area contributed by atoms with Crippen LogP contribution in [0.4, 0.5) is 5.69 Å². The molecule has 0 bridgehead atoms. The molecule has 2 aromatic heterocycles. The molecule has 0 aliphatic rings. The molecular formula is C16H15N3O3S2. The van der Waals surface area contributed by atoms with E-state index in [0.29, 0.717) is 23.9 Å². The fraction of sp³-hybridized carbons (Fsp3) is 0.125. The van der Waals surface area contributed by atoms with Crippen LogP contribution in [0.5, 0.6) is 5.88 Å². The molecule has 2 heterocycles. The Balaban J connectivity index is 1.84. The molecule has 0 saturated carbocycles. The van der Waals surface area contributed by atoms with Crippen LogP contribution in [-0.4, -0.2) is 25.2 Å². The lowest BCUT2D eigenvalue weighted by molar-refractivity contribution is 0.323. The lowest BCUT2D eigenvalue weighted by Crippen LogP contribution is -2.11. The van der Waals surface area contributed by atoms with Crippen LogP contribution < -0.4 is 9.46 Å². The Kier molecular flexibility index (Phi) is 4.77. The minimum atomic E-state index is -3.57. The summed E-state index contributed by atoms with van der Waals surface area (Å²) in [6, 6.07) is 13.8. The first-order valence-corrected chi connectivity index (χ1v) is 9.58. The van der Waals surface area contributed by atoms with Crippen LogP contribution in [0, 0.1) is 0 Å². The maximum Gasteiger partial charge on any atom is 0.271 e. The average Bonchev–Trinajstić information content (AvgIpc) is 3.11. The molecular weight excluding hydrogens is 346 g/mol. The van der Waals surface area contributed by atoms with E-state index < -0.39 is 10.0 Å². The highest BCUT2D eigenvalue weighted by molar-refractivity contribution is 7.94. The van der Waals surface area contributed by atoms with Crippen molar-refractivity contribution in [2.75, 3.05) is 11.3 Å². The first-order chi connectivity index (χ1) is 11.6. The van der Waals surface area contributed by atoms with Crippen molar-refractivity contribution in [2.24, 2.45) is 0 Å². The fourth-order valence-corrected chi connectivity index (χ4v) is 4.11. The van der Waals surface area contributed by atoms with Crippen molar-refractivity contribution in [1.29, 1.82) is 0 Å². The van der Waals surface area contributed by atoms with Gasteiger partial charge in [-0.15, -0.1) is 21.5 Å². The molecule has 24 heavy (non-hydrogen) atoms. The highest BCUT2D eigenvalue weighted by Crippen LogP contribution is 2.24. The van der Waals surface area contributed by atoms with E-state index in [1.165, 1.54) is 11.3 Å². The summed E-state index contributed by atoms with van der Waals surface area (Å²) in [5.74, 6) is 0.454. The number of anilines is 1. The molecule has 6 nitrogen and oxygen atoms in total. The lowest BCUT2D eigenvalue weighted by atomic mass is 10.1. The normalized spacial score (nSPS) is 11.2. The van der Waals surface area contributed by atoms with E-state index in [-0.39, 0.29) is 4.21 Å². The van der Waals surface area contributed by atoms with Crippen LogP contribution in [0.2, 0.25) is 0 Å². The Hall–Kier alpha value is -2.45. The van der Waals surface area contributed by atoms with Crippen LogP contribution in [0.25, 0.3) is 11.3 Å². The number of rotatable bonds is 6. The summed E-state index contributed by atoms with van der Waals surface area (Å²) < 4.78 is 32.7. The highest BCUT2D eigenvalue weighted by atomic mass is 32.2. The predicted octanol–water partition coefficient (Wildman–Crippen LogP) is 3.40. The Morgan fingerprint density at radius 1 is 1.12 bits per heavy atom. The van der Waals surface area contributed by atoms with Crippen molar-refractivity contribution in [3.63, 3.8) is 0 Å². The van der Waals surface area contributed by atoms with Gasteiger partial charge in [0.25, 0.3) is 10.0 Å². The van der Waals surface area contributed by atoms with Gasteiger partial charge in [-0.25, -0.2) is 8.42 Å². The zero-order valence-corrected chi connectivity index (χ0v) is 14.5. The van der Waals surface area contributed by atoms with E-state index in [9.17, 15) is 8.42 Å². The van der Waals surface area contributed by atoms with Gasteiger partial charge in [-0.05, 0) is 36.6 Å². The second-order valence-electron chi connectivity index (χ2n) is 4.81. The first kappa shape index (κ1) is 16.4. The van der Waals surface area contributed by atoms with E-state index in [2.05, 4.69) is 14.9 Å². The van der Waals surface area contributed by atoms with Gasteiger partial charge < -0.3 is 4.74 Å². The van der Waals surface area contributed by atoms with Crippen molar-refractivity contribution in [1.82, 2.24) is 10.2 Å². The zero-order valence-electron chi connectivity index (χ0n) is 12.8. The summed E-state index contributed by atoms with van der Waals surface area (Å²) in [5.41, 5.74) is 1.86. The molecule has 0 saturated heterocycles. The molecule has 0 fully saturated rings. The van der Waals surface area contributed by atoms with Crippen LogP contribution in [0.1, 0.15) is 6.92 Å². The summed E-state index contributed by atoms with van der Waals surface area (Å²) in [4.78, 5) is 0. The van der Waals surface area contributed by atoms with Crippen LogP contribution in [0.3, 0.4) is 0 Å². The summed E-state index contributed by atoms with van der Waals surface area (Å²) in [7, 11) is -3.57. The van der Waals surface area contributed by atoms with Gasteiger partial charge in [-0.2, -0.15) is 0 Å². The maximum absolute atomic E-state index is 12.3. The SMILES string of the molecule is CCOc1ccc(-c2cccc(NS(=O)(=O)c3cccs3)c2)nn1. The number of ether oxygens (including phenoxy) is 1. The number of hydrogen-bond donors (Lipinski definition) is 1. The minimum Gasteiger partial charge on any atom is -0.477 e. The number of hydrogen-bond acceptors (Lipinski definition) is 6. The predicted molar refractivity (Wildman–Crippen MR) is 93.8 cm³/mol. The lowest BCUT2D eigenvalue weighted by Gasteiger charge is -2.08. The Morgan fingerprint density at radius 2 is 2.00 bits per heavy atom. The van der Waals surface area contributed by atoms with Crippen molar-refractivity contribution >= 4 is 27.0 Å². The van der Waals surface area contributed by atoms with E-state index in [4.69, 9.17) is 4.74 Å². The molecule has 8 heteroatoms. The number of nitrogens with zero attached hydrogens (tertiary/aromatic N) is 2. The molecule has 0 radical (unpaired) electrons. The number of benzene rings is 1. The molecule has 0 aliphatic carbocycles. The van der Waals surface area contributed by atoms with Gasteiger partial charge in [-0.3, -0.25) is 4.72 Å². The Morgan fingerprint density at radius 3 is 2.67 bits per heavy atom. The molecule has 0 atom stereocenters. The van der Waals surface area contributed by atoms with Gasteiger partial charge in [-0.1, -0.05) is 18.2 Å². The molecule has 0 amide bonds. The van der Waals surface area contributed by atoms with E-state index in [1.807, 2.05) is 13.0 Å². The van der Waals surface area contributed by atoms with Crippen molar-refractivity contribution in [2.45, 2.75) is 11.1 Å². The molecule has 0 unspecified atom stereocenters. The second-order valence-corrected chi connectivity index (χ2v) is 7.67. The number of nitrogens with one attached hydrogen (secondary N) is 1. The third-order valence-corrected chi connectivity index (χ3v) is 5.88. The summed E-state index contributed by atoms with van der Waals surface area (Å²) in [5, 5.41) is 9.81. The summed E-state index contributed by atoms with van der Waals surface area (Å²) in [6.45, 7) is 2.40. The molecule has 1 aromatic carbocycles. The van der Waals surface area contributed by atoms with E-state index >= 15 is 0 Å². The Bertz CT molecular complexity index is 908. The number of thiophene rings is 1. The largest absolute Gasteiger partial charge is 0.477 e. The second kappa shape index (κ2) is 6.98. The van der Waals surface area contributed by atoms with Gasteiger partial charge in [0.05, 0.1) is 12.3 Å². The van der Waals surface area contributed by atoms with Gasteiger partial charge in [0.1, 0.15) is 4.21 Å². The highest BCUT2D eigenvalue weighted by Gasteiger charge is 2.15. The quantitative estimate of drug-likeness (QED) is 0.728. The van der Waals surface area contributed by atoms with Gasteiger partial charge in [0, 0.05) is 17.3 Å². The Labute approximate surface area is 144 Å². The van der Waals surface area contributed by atoms with Crippen LogP contribution >= 0.6 is 11.3 Å². The monoisotopic (exact) mass is 361 g/mol. The van der Waals surface area contributed by atoms with Crippen molar-refractivity contribution in [3.05, 3.63) is 53.9 Å². The van der Waals surface area contributed by atoms with Gasteiger partial charge in [0.2, 0.25) is 5.88 Å². The van der Waals surface area contributed by atoms with E-state index in [0.717, 1.165) is 5.56 Å². The van der Waals surface area contributed by atoms with Gasteiger partial charge in [0.15, 0.2) is 0 Å². The first-order valence-electron chi connectivity index (χ1n) is 7.22. The molecule has 3 aromatic rings. The van der Waals surface area contributed by atoms with Crippen LogP contribution in [0.15, 0.2) is 58.1 Å². The molecule has 3 rings (SSSR count). The summed E-state index contributed by atoms with van der Waals surface area (Å²) in [6.07, 6.45) is 0.